The quantitative estimate of drug-likeness (QED) is 0.524. The second-order valence-electron chi connectivity index (χ2n) is 4.98. The highest BCUT2D eigenvalue weighted by Gasteiger charge is 2.19. The molecule has 0 radical (unpaired) electrons. The number of aromatic nitrogens is 2. The molecule has 3 rings (SSSR count). The van der Waals surface area contributed by atoms with Gasteiger partial charge in [-0.2, -0.15) is 0 Å². The van der Waals surface area contributed by atoms with Gasteiger partial charge in [0.25, 0.3) is 5.89 Å². The molecule has 0 aliphatic heterocycles. The summed E-state index contributed by atoms with van der Waals surface area (Å²) in [5, 5.41) is 18.7. The smallest absolute Gasteiger partial charge is 0.313 e. The maximum absolute atomic E-state index is 13.2. The Balaban J connectivity index is 1.77. The molecule has 8 heteroatoms. The summed E-state index contributed by atoms with van der Waals surface area (Å²) in [6, 6.07) is 10.5. The summed E-state index contributed by atoms with van der Waals surface area (Å²) in [5.74, 6) is -0.0266. The number of nitro groups is 1. The molecule has 24 heavy (non-hydrogen) atoms. The SMILES string of the molecule is Cc1cccc(OCc2nnc(-c3cccc(F)c3)o2)c1[N+](=O)[O-]. The Morgan fingerprint density at radius 2 is 2.04 bits per heavy atom. The minimum atomic E-state index is -0.503. The molecule has 0 atom stereocenters. The summed E-state index contributed by atoms with van der Waals surface area (Å²) >= 11 is 0. The van der Waals surface area contributed by atoms with Gasteiger partial charge in [-0.1, -0.05) is 18.2 Å². The lowest BCUT2D eigenvalue weighted by molar-refractivity contribution is -0.386. The molecule has 0 spiro atoms. The number of benzene rings is 2. The van der Waals surface area contributed by atoms with Crippen molar-refractivity contribution in [2.45, 2.75) is 13.5 Å². The second kappa shape index (κ2) is 6.45. The Morgan fingerprint density at radius 3 is 2.79 bits per heavy atom. The normalized spacial score (nSPS) is 10.6. The number of nitrogens with zero attached hydrogens (tertiary/aromatic N) is 3. The van der Waals surface area contributed by atoms with Gasteiger partial charge < -0.3 is 9.15 Å². The van der Waals surface area contributed by atoms with E-state index in [1.54, 1.807) is 25.1 Å². The molecule has 0 fully saturated rings. The van der Waals surface area contributed by atoms with Crippen molar-refractivity contribution in [2.24, 2.45) is 0 Å². The fourth-order valence-electron chi connectivity index (χ4n) is 2.17. The van der Waals surface area contributed by atoms with Crippen molar-refractivity contribution in [3.05, 3.63) is 69.9 Å². The summed E-state index contributed by atoms with van der Waals surface area (Å²) in [7, 11) is 0. The maximum Gasteiger partial charge on any atom is 0.313 e. The van der Waals surface area contributed by atoms with Gasteiger partial charge in [-0.3, -0.25) is 10.1 Å². The molecule has 0 aliphatic rings. The summed E-state index contributed by atoms with van der Waals surface area (Å²) < 4.78 is 24.0. The van der Waals surface area contributed by atoms with Gasteiger partial charge in [-0.05, 0) is 31.2 Å². The molecule has 2 aromatic carbocycles. The van der Waals surface area contributed by atoms with E-state index in [-0.39, 0.29) is 29.8 Å². The van der Waals surface area contributed by atoms with Gasteiger partial charge in [0.2, 0.25) is 5.89 Å². The lowest BCUT2D eigenvalue weighted by Crippen LogP contribution is -2.00. The van der Waals surface area contributed by atoms with Gasteiger partial charge in [0.15, 0.2) is 12.4 Å². The molecular formula is C16H12FN3O4. The Labute approximate surface area is 135 Å². The van der Waals surface area contributed by atoms with E-state index < -0.39 is 10.7 Å². The minimum Gasteiger partial charge on any atom is -0.477 e. The van der Waals surface area contributed by atoms with Crippen LogP contribution >= 0.6 is 0 Å². The Bertz CT molecular complexity index is 895. The van der Waals surface area contributed by atoms with Gasteiger partial charge in [-0.25, -0.2) is 4.39 Å². The molecular weight excluding hydrogens is 317 g/mol. The molecule has 0 saturated heterocycles. The third-order valence-electron chi connectivity index (χ3n) is 3.27. The topological polar surface area (TPSA) is 91.3 Å². The van der Waals surface area contributed by atoms with E-state index in [1.807, 2.05) is 0 Å². The van der Waals surface area contributed by atoms with Gasteiger partial charge in [0, 0.05) is 11.1 Å². The van der Waals surface area contributed by atoms with Crippen molar-refractivity contribution in [1.82, 2.24) is 10.2 Å². The summed E-state index contributed by atoms with van der Waals surface area (Å²) in [6.07, 6.45) is 0. The number of hydrogen-bond donors (Lipinski definition) is 0. The van der Waals surface area contributed by atoms with Crippen LogP contribution in [0.15, 0.2) is 46.9 Å². The van der Waals surface area contributed by atoms with Crippen LogP contribution in [-0.2, 0) is 6.61 Å². The van der Waals surface area contributed by atoms with Crippen LogP contribution in [0.25, 0.3) is 11.5 Å². The van der Waals surface area contributed by atoms with Crippen molar-refractivity contribution >= 4 is 5.69 Å². The van der Waals surface area contributed by atoms with Crippen LogP contribution in [0.4, 0.5) is 10.1 Å². The third kappa shape index (κ3) is 3.22. The van der Waals surface area contributed by atoms with E-state index >= 15 is 0 Å². The number of rotatable bonds is 5. The Morgan fingerprint density at radius 1 is 1.25 bits per heavy atom. The number of nitro benzene ring substituents is 1. The highest BCUT2D eigenvalue weighted by atomic mass is 19.1. The highest BCUT2D eigenvalue weighted by molar-refractivity contribution is 5.53. The van der Waals surface area contributed by atoms with E-state index in [4.69, 9.17) is 9.15 Å². The lowest BCUT2D eigenvalue weighted by atomic mass is 10.2. The van der Waals surface area contributed by atoms with E-state index in [1.165, 1.54) is 24.3 Å². The third-order valence-corrected chi connectivity index (χ3v) is 3.27. The summed E-state index contributed by atoms with van der Waals surface area (Å²) in [5.41, 5.74) is 0.820. The molecule has 3 aromatic rings. The van der Waals surface area contributed by atoms with Gasteiger partial charge >= 0.3 is 5.69 Å². The van der Waals surface area contributed by atoms with Crippen LogP contribution in [0.2, 0.25) is 0 Å². The fourth-order valence-corrected chi connectivity index (χ4v) is 2.17. The van der Waals surface area contributed by atoms with Crippen LogP contribution in [0.3, 0.4) is 0 Å². The minimum absolute atomic E-state index is 0.109. The van der Waals surface area contributed by atoms with E-state index in [0.29, 0.717) is 11.1 Å². The Kier molecular flexibility index (Phi) is 4.19. The number of ether oxygens (including phenoxy) is 1. The lowest BCUT2D eigenvalue weighted by Gasteiger charge is -2.05. The molecule has 0 unspecified atom stereocenters. The van der Waals surface area contributed by atoms with Crippen LogP contribution in [0, 0.1) is 22.9 Å². The molecule has 122 valence electrons. The first-order valence-electron chi connectivity index (χ1n) is 6.99. The van der Waals surface area contributed by atoms with E-state index in [0.717, 1.165) is 0 Å². The zero-order valence-corrected chi connectivity index (χ0v) is 12.6. The van der Waals surface area contributed by atoms with Crippen molar-refractivity contribution in [3.63, 3.8) is 0 Å². The first kappa shape index (κ1) is 15.6. The molecule has 0 amide bonds. The van der Waals surface area contributed by atoms with Gasteiger partial charge in [0.05, 0.1) is 4.92 Å². The molecule has 0 bridgehead atoms. The average molecular weight is 329 g/mol. The average Bonchev–Trinajstić information content (AvgIpc) is 3.01. The fraction of sp³-hybridized carbons (Fsp3) is 0.125. The van der Waals surface area contributed by atoms with Crippen LogP contribution in [-0.4, -0.2) is 15.1 Å². The van der Waals surface area contributed by atoms with Crippen molar-refractivity contribution in [2.75, 3.05) is 0 Å². The van der Waals surface area contributed by atoms with Crippen molar-refractivity contribution < 1.29 is 18.5 Å². The second-order valence-corrected chi connectivity index (χ2v) is 4.98. The highest BCUT2D eigenvalue weighted by Crippen LogP contribution is 2.30. The zero-order chi connectivity index (χ0) is 17.1. The molecule has 0 saturated carbocycles. The van der Waals surface area contributed by atoms with Crippen LogP contribution < -0.4 is 4.74 Å². The summed E-state index contributed by atoms with van der Waals surface area (Å²) in [4.78, 5) is 10.6. The van der Waals surface area contributed by atoms with E-state index in [9.17, 15) is 14.5 Å². The van der Waals surface area contributed by atoms with Gasteiger partial charge in [0.1, 0.15) is 5.82 Å². The van der Waals surface area contributed by atoms with Crippen LogP contribution in [0.5, 0.6) is 5.75 Å². The molecule has 1 aromatic heterocycles. The van der Waals surface area contributed by atoms with Crippen LogP contribution in [0.1, 0.15) is 11.5 Å². The number of aryl methyl sites for hydroxylation is 1. The number of halogens is 1. The largest absolute Gasteiger partial charge is 0.477 e. The molecule has 1 heterocycles. The molecule has 7 nitrogen and oxygen atoms in total. The number of hydrogen-bond acceptors (Lipinski definition) is 6. The van der Waals surface area contributed by atoms with Gasteiger partial charge in [-0.15, -0.1) is 10.2 Å². The van der Waals surface area contributed by atoms with E-state index in [2.05, 4.69) is 10.2 Å². The standard InChI is InChI=1S/C16H12FN3O4/c1-10-4-2-7-13(15(10)20(21)22)23-9-14-18-19-16(24-14)11-5-3-6-12(17)8-11/h2-8H,9H2,1H3. The Hall–Kier alpha value is -3.29. The first-order chi connectivity index (χ1) is 11.5. The van der Waals surface area contributed by atoms with Crippen molar-refractivity contribution in [3.8, 4) is 17.2 Å². The number of para-hydroxylation sites is 1. The van der Waals surface area contributed by atoms with Crippen molar-refractivity contribution in [1.29, 1.82) is 0 Å². The predicted octanol–water partition coefficient (Wildman–Crippen LogP) is 3.67. The molecule has 0 aliphatic carbocycles. The first-order valence-corrected chi connectivity index (χ1v) is 6.99. The summed E-state index contributed by atoms with van der Waals surface area (Å²) in [6.45, 7) is 1.49. The molecule has 0 N–H and O–H groups in total. The maximum atomic E-state index is 13.2. The predicted molar refractivity (Wildman–Crippen MR) is 81.9 cm³/mol. The monoisotopic (exact) mass is 329 g/mol. The zero-order valence-electron chi connectivity index (χ0n) is 12.6.